The molecule has 0 radical (unpaired) electrons. The molecule has 0 bridgehead atoms. The van der Waals surface area contributed by atoms with Crippen molar-refractivity contribution in [3.8, 4) is 0 Å². The molecule has 0 saturated carbocycles. The first-order chi connectivity index (χ1) is 14.1. The summed E-state index contributed by atoms with van der Waals surface area (Å²) in [6.07, 6.45) is -1.13. The second-order valence-corrected chi connectivity index (χ2v) is 9.81. The largest absolute Gasteiger partial charge is 0.388 e. The lowest BCUT2D eigenvalue weighted by Gasteiger charge is -2.32. The maximum atomic E-state index is 14.4. The standard InChI is InChI=1S/C19H21F2N3O4S2/c1-3-22-19(26)12-9-15(14(21)8-11(12)2)23-30(27,28)18-5-4-17(29-18)24-7-6-13(20)16(25)10-24/h3-5,8-9,13,16,23,25H,1,6-7,10H2,2H3,(H,22,26). The van der Waals surface area contributed by atoms with Crippen LogP contribution in [0.15, 0.2) is 41.3 Å². The van der Waals surface area contributed by atoms with E-state index in [-0.39, 0.29) is 28.4 Å². The van der Waals surface area contributed by atoms with Crippen LogP contribution in [0.5, 0.6) is 0 Å². The van der Waals surface area contributed by atoms with Gasteiger partial charge in [-0.3, -0.25) is 9.52 Å². The number of halogens is 2. The van der Waals surface area contributed by atoms with Gasteiger partial charge in [-0.05, 0) is 49.4 Å². The monoisotopic (exact) mass is 457 g/mol. The van der Waals surface area contributed by atoms with Crippen molar-refractivity contribution in [2.45, 2.75) is 29.8 Å². The molecular weight excluding hydrogens is 436 g/mol. The fraction of sp³-hybridized carbons (Fsp3) is 0.316. The number of anilines is 2. The van der Waals surface area contributed by atoms with Crippen molar-refractivity contribution in [2.24, 2.45) is 0 Å². The van der Waals surface area contributed by atoms with Gasteiger partial charge in [-0.1, -0.05) is 6.58 Å². The molecule has 1 aliphatic heterocycles. The second-order valence-electron chi connectivity index (χ2n) is 6.84. The van der Waals surface area contributed by atoms with Crippen LogP contribution in [0.3, 0.4) is 0 Å². The van der Waals surface area contributed by atoms with Gasteiger partial charge in [0, 0.05) is 18.7 Å². The summed E-state index contributed by atoms with van der Waals surface area (Å²) < 4.78 is 55.4. The average molecular weight is 458 g/mol. The zero-order valence-corrected chi connectivity index (χ0v) is 17.7. The van der Waals surface area contributed by atoms with Gasteiger partial charge in [0.05, 0.1) is 10.7 Å². The summed E-state index contributed by atoms with van der Waals surface area (Å²) in [5, 5.41) is 12.6. The Kier molecular flexibility index (Phi) is 6.44. The van der Waals surface area contributed by atoms with Gasteiger partial charge in [0.2, 0.25) is 0 Å². The van der Waals surface area contributed by atoms with Gasteiger partial charge >= 0.3 is 0 Å². The number of nitrogens with zero attached hydrogens (tertiary/aromatic N) is 1. The molecule has 2 aromatic rings. The number of nitrogens with one attached hydrogen (secondary N) is 2. The van der Waals surface area contributed by atoms with E-state index in [0.29, 0.717) is 17.1 Å². The normalized spacial score (nSPS) is 19.4. The van der Waals surface area contributed by atoms with Crippen LogP contribution in [0.25, 0.3) is 0 Å². The molecule has 30 heavy (non-hydrogen) atoms. The summed E-state index contributed by atoms with van der Waals surface area (Å²) in [6, 6.07) is 5.10. The van der Waals surface area contributed by atoms with Crippen LogP contribution in [0.4, 0.5) is 19.5 Å². The molecule has 2 heterocycles. The predicted octanol–water partition coefficient (Wildman–Crippen LogP) is 2.78. The van der Waals surface area contributed by atoms with Crippen molar-refractivity contribution >= 4 is 38.0 Å². The Balaban J connectivity index is 1.84. The highest BCUT2D eigenvalue weighted by molar-refractivity contribution is 7.94. The van der Waals surface area contributed by atoms with Crippen LogP contribution in [0.2, 0.25) is 0 Å². The van der Waals surface area contributed by atoms with E-state index in [1.54, 1.807) is 11.0 Å². The van der Waals surface area contributed by atoms with Gasteiger partial charge in [-0.2, -0.15) is 0 Å². The molecule has 2 unspecified atom stereocenters. The predicted molar refractivity (Wildman–Crippen MR) is 112 cm³/mol. The first-order valence-electron chi connectivity index (χ1n) is 9.04. The molecule has 1 aromatic heterocycles. The number of hydrogen-bond acceptors (Lipinski definition) is 6. The maximum absolute atomic E-state index is 14.4. The van der Waals surface area contributed by atoms with E-state index in [9.17, 15) is 27.1 Å². The zero-order valence-electron chi connectivity index (χ0n) is 16.1. The number of carbonyl (C=O) groups excluding carboxylic acids is 1. The van der Waals surface area contributed by atoms with E-state index >= 15 is 0 Å². The third-order valence-corrected chi connectivity index (χ3v) is 7.68. The Morgan fingerprint density at radius 2 is 2.13 bits per heavy atom. The third kappa shape index (κ3) is 4.63. The minimum atomic E-state index is -4.13. The number of aliphatic hydroxyl groups is 1. The minimum absolute atomic E-state index is 0.0585. The molecule has 1 saturated heterocycles. The first-order valence-corrected chi connectivity index (χ1v) is 11.3. The number of hydrogen-bond donors (Lipinski definition) is 3. The number of thiophene rings is 1. The van der Waals surface area contributed by atoms with Crippen LogP contribution >= 0.6 is 11.3 Å². The van der Waals surface area contributed by atoms with Crippen molar-refractivity contribution in [3.05, 3.63) is 54.0 Å². The molecule has 1 amide bonds. The highest BCUT2D eigenvalue weighted by atomic mass is 32.2. The van der Waals surface area contributed by atoms with Gasteiger partial charge in [-0.15, -0.1) is 11.3 Å². The first kappa shape index (κ1) is 22.2. The number of piperidine rings is 1. The van der Waals surface area contributed by atoms with Crippen molar-refractivity contribution in [3.63, 3.8) is 0 Å². The van der Waals surface area contributed by atoms with E-state index in [0.717, 1.165) is 23.5 Å². The van der Waals surface area contributed by atoms with Gasteiger partial charge in [0.25, 0.3) is 15.9 Å². The Morgan fingerprint density at radius 3 is 2.80 bits per heavy atom. The van der Waals surface area contributed by atoms with Crippen LogP contribution in [0, 0.1) is 12.7 Å². The number of sulfonamides is 1. The fourth-order valence-electron chi connectivity index (χ4n) is 3.09. The summed E-state index contributed by atoms with van der Waals surface area (Å²) in [5.74, 6) is -1.37. The number of carbonyl (C=O) groups is 1. The molecule has 11 heteroatoms. The molecule has 162 valence electrons. The average Bonchev–Trinajstić information content (AvgIpc) is 3.17. The van der Waals surface area contributed by atoms with E-state index in [1.165, 1.54) is 19.2 Å². The van der Waals surface area contributed by atoms with E-state index in [2.05, 4.69) is 16.6 Å². The number of benzene rings is 1. The van der Waals surface area contributed by atoms with Crippen molar-refractivity contribution in [2.75, 3.05) is 22.7 Å². The highest BCUT2D eigenvalue weighted by Crippen LogP contribution is 2.33. The summed E-state index contributed by atoms with van der Waals surface area (Å²) in [4.78, 5) is 13.8. The van der Waals surface area contributed by atoms with Crippen molar-refractivity contribution in [1.29, 1.82) is 0 Å². The number of amides is 1. The van der Waals surface area contributed by atoms with E-state index in [1.807, 2.05) is 0 Å². The van der Waals surface area contributed by atoms with Gasteiger partial charge in [0.15, 0.2) is 0 Å². The minimum Gasteiger partial charge on any atom is -0.388 e. The van der Waals surface area contributed by atoms with Crippen LogP contribution in [-0.2, 0) is 10.0 Å². The van der Waals surface area contributed by atoms with Crippen LogP contribution in [0.1, 0.15) is 22.3 Å². The van der Waals surface area contributed by atoms with Gasteiger partial charge < -0.3 is 15.3 Å². The lowest BCUT2D eigenvalue weighted by Crippen LogP contribution is -2.44. The molecule has 2 atom stereocenters. The second kappa shape index (κ2) is 8.70. The number of β-amino-alcohol motifs (C(OH)–C–C–N with tert-alkyl or cyclic N) is 1. The molecule has 1 aromatic carbocycles. The molecule has 1 aliphatic rings. The number of aliphatic hydroxyl groups excluding tert-OH is 1. The highest BCUT2D eigenvalue weighted by Gasteiger charge is 2.29. The Bertz CT molecular complexity index is 1070. The zero-order chi connectivity index (χ0) is 22.1. The quantitative estimate of drug-likeness (QED) is 0.620. The van der Waals surface area contributed by atoms with Crippen LogP contribution in [-0.4, -0.2) is 44.8 Å². The molecular formula is C19H21F2N3O4S2. The molecule has 7 nitrogen and oxygen atoms in total. The molecule has 1 fully saturated rings. The lowest BCUT2D eigenvalue weighted by atomic mass is 10.1. The van der Waals surface area contributed by atoms with Crippen LogP contribution < -0.4 is 14.9 Å². The molecule has 3 rings (SSSR count). The van der Waals surface area contributed by atoms with Gasteiger partial charge in [-0.25, -0.2) is 17.2 Å². The SMILES string of the molecule is C=CNC(=O)c1cc(NS(=O)(=O)c2ccc(N3CCC(F)C(O)C3)s2)c(F)cc1C. The fourth-order valence-corrected chi connectivity index (χ4v) is 5.48. The summed E-state index contributed by atoms with van der Waals surface area (Å²) in [5.41, 5.74) is 0.0745. The van der Waals surface area contributed by atoms with E-state index in [4.69, 9.17) is 0 Å². The Labute approximate surface area is 177 Å². The summed E-state index contributed by atoms with van der Waals surface area (Å²) >= 11 is 0.923. The number of aryl methyl sites for hydroxylation is 1. The Morgan fingerprint density at radius 1 is 1.40 bits per heavy atom. The van der Waals surface area contributed by atoms with Gasteiger partial charge in [0.1, 0.15) is 22.3 Å². The van der Waals surface area contributed by atoms with Crippen molar-refractivity contribution in [1.82, 2.24) is 5.32 Å². The topological polar surface area (TPSA) is 98.7 Å². The van der Waals surface area contributed by atoms with Crippen molar-refractivity contribution < 1.29 is 27.1 Å². The third-order valence-electron chi connectivity index (χ3n) is 4.68. The molecule has 0 aliphatic carbocycles. The lowest BCUT2D eigenvalue weighted by molar-refractivity contribution is 0.0647. The molecule has 3 N–H and O–H groups in total. The maximum Gasteiger partial charge on any atom is 0.271 e. The summed E-state index contributed by atoms with van der Waals surface area (Å²) in [6.45, 7) is 5.32. The number of alkyl halides is 1. The molecule has 0 spiro atoms. The van der Waals surface area contributed by atoms with E-state index < -0.39 is 34.0 Å². The Hall–Kier alpha value is -2.50. The summed E-state index contributed by atoms with van der Waals surface area (Å²) in [7, 11) is -4.13. The number of rotatable bonds is 6. The smallest absolute Gasteiger partial charge is 0.271 e.